The van der Waals surface area contributed by atoms with Crippen LogP contribution >= 0.6 is 0 Å². The van der Waals surface area contributed by atoms with E-state index < -0.39 is 23.5 Å². The highest BCUT2D eigenvalue weighted by molar-refractivity contribution is 5.90. The molecular weight excluding hydrogens is 426 g/mol. The molecule has 2 aliphatic rings. The van der Waals surface area contributed by atoms with Crippen LogP contribution in [0.4, 0.5) is 17.6 Å². The molecule has 1 saturated heterocycles. The van der Waals surface area contributed by atoms with E-state index in [4.69, 9.17) is 4.74 Å². The topological polar surface area (TPSA) is 38.8 Å². The van der Waals surface area contributed by atoms with Gasteiger partial charge in [0.15, 0.2) is 0 Å². The molecule has 32 heavy (non-hydrogen) atoms. The molecule has 1 aliphatic carbocycles. The zero-order chi connectivity index (χ0) is 22.9. The van der Waals surface area contributed by atoms with Crippen molar-refractivity contribution in [3.8, 4) is 5.75 Å². The van der Waals surface area contributed by atoms with Crippen molar-refractivity contribution >= 4 is 5.97 Å². The third-order valence-electron chi connectivity index (χ3n) is 5.94. The fraction of sp³-hybridized carbons (Fsp3) is 0.458. The summed E-state index contributed by atoms with van der Waals surface area (Å²) in [4.78, 5) is 13.9. The van der Waals surface area contributed by atoms with E-state index in [1.54, 1.807) is 6.07 Å². The minimum atomic E-state index is -4.37. The molecule has 0 bridgehead atoms. The first-order valence-corrected chi connectivity index (χ1v) is 10.7. The molecule has 0 N–H and O–H groups in total. The van der Waals surface area contributed by atoms with Crippen LogP contribution in [0.25, 0.3) is 0 Å². The Bertz CT molecular complexity index is 988. The van der Waals surface area contributed by atoms with Crippen molar-refractivity contribution in [1.82, 2.24) is 4.90 Å². The Labute approximate surface area is 184 Å². The van der Waals surface area contributed by atoms with Crippen molar-refractivity contribution in [3.05, 3.63) is 64.5 Å². The van der Waals surface area contributed by atoms with Crippen molar-refractivity contribution < 1.29 is 31.8 Å². The Kier molecular flexibility index (Phi) is 6.42. The maximum absolute atomic E-state index is 14.5. The second kappa shape index (κ2) is 9.10. The molecule has 0 radical (unpaired) electrons. The maximum atomic E-state index is 14.5. The summed E-state index contributed by atoms with van der Waals surface area (Å²) in [6, 6.07) is 8.13. The lowest BCUT2D eigenvalue weighted by molar-refractivity contribution is -0.137. The number of benzene rings is 2. The number of hydrogen-bond donors (Lipinski definition) is 0. The van der Waals surface area contributed by atoms with Gasteiger partial charge in [-0.15, -0.1) is 0 Å². The van der Waals surface area contributed by atoms with Crippen LogP contribution < -0.4 is 4.74 Å². The Morgan fingerprint density at radius 3 is 2.62 bits per heavy atom. The van der Waals surface area contributed by atoms with Crippen LogP contribution in [0.15, 0.2) is 36.4 Å². The number of methoxy groups -OCH3 is 1. The summed E-state index contributed by atoms with van der Waals surface area (Å²) >= 11 is 0. The van der Waals surface area contributed by atoms with Gasteiger partial charge in [-0.1, -0.05) is 18.2 Å². The van der Waals surface area contributed by atoms with E-state index >= 15 is 0 Å². The van der Waals surface area contributed by atoms with E-state index in [1.807, 2.05) is 0 Å². The van der Waals surface area contributed by atoms with Crippen molar-refractivity contribution in [1.29, 1.82) is 0 Å². The average molecular weight is 451 g/mol. The van der Waals surface area contributed by atoms with Crippen LogP contribution in [-0.2, 0) is 17.5 Å². The summed E-state index contributed by atoms with van der Waals surface area (Å²) in [5.41, 5.74) is 0.640. The first-order valence-electron chi connectivity index (χ1n) is 10.7. The van der Waals surface area contributed by atoms with Gasteiger partial charge < -0.3 is 9.47 Å². The molecule has 8 heteroatoms. The Balaban J connectivity index is 1.47. The molecule has 2 fully saturated rings. The predicted octanol–water partition coefficient (Wildman–Crippen LogP) is 5.55. The van der Waals surface area contributed by atoms with E-state index in [0.717, 1.165) is 43.9 Å². The molecule has 0 amide bonds. The van der Waals surface area contributed by atoms with Gasteiger partial charge in [0.1, 0.15) is 17.7 Å². The number of carbonyl (C=O) groups is 1. The maximum Gasteiger partial charge on any atom is 0.416 e. The molecule has 172 valence electrons. The Hall–Kier alpha value is -2.61. The van der Waals surface area contributed by atoms with E-state index in [-0.39, 0.29) is 17.6 Å². The lowest BCUT2D eigenvalue weighted by atomic mass is 10.0. The van der Waals surface area contributed by atoms with E-state index in [0.29, 0.717) is 24.4 Å². The molecule has 0 unspecified atom stereocenters. The minimum absolute atomic E-state index is 0.100. The Morgan fingerprint density at radius 1 is 1.16 bits per heavy atom. The van der Waals surface area contributed by atoms with Crippen LogP contribution in [0.1, 0.15) is 58.6 Å². The normalized spacial score (nSPS) is 19.6. The number of piperidine rings is 1. The third-order valence-corrected chi connectivity index (χ3v) is 5.94. The first-order chi connectivity index (χ1) is 15.2. The minimum Gasteiger partial charge on any atom is -0.489 e. The van der Waals surface area contributed by atoms with Crippen LogP contribution in [0.3, 0.4) is 0 Å². The average Bonchev–Trinajstić information content (AvgIpc) is 3.58. The lowest BCUT2D eigenvalue weighted by Crippen LogP contribution is -2.40. The highest BCUT2D eigenvalue weighted by Crippen LogP contribution is 2.45. The zero-order valence-corrected chi connectivity index (χ0v) is 17.8. The zero-order valence-electron chi connectivity index (χ0n) is 17.8. The van der Waals surface area contributed by atoms with Crippen LogP contribution in [0.5, 0.6) is 5.75 Å². The summed E-state index contributed by atoms with van der Waals surface area (Å²) in [7, 11) is 1.21. The fourth-order valence-corrected chi connectivity index (χ4v) is 4.19. The van der Waals surface area contributed by atoms with Crippen molar-refractivity contribution in [2.45, 2.75) is 50.4 Å². The van der Waals surface area contributed by atoms with Gasteiger partial charge in [0.2, 0.25) is 0 Å². The molecule has 1 heterocycles. The third kappa shape index (κ3) is 5.23. The standard InChI is InChI=1S/C24H25F4NO3/c1-31-23(30)20-11-19(16-7-8-16)22(12-21(20)25)32-18-6-3-9-29(14-18)13-15-4-2-5-17(10-15)24(26,27)28/h2,4-5,10-12,16,18H,3,6-9,13-14H2,1H3/t18-/m1/s1. The van der Waals surface area contributed by atoms with Gasteiger partial charge in [-0.05, 0) is 61.4 Å². The van der Waals surface area contributed by atoms with E-state index in [2.05, 4.69) is 9.64 Å². The number of carbonyl (C=O) groups excluding carboxylic acids is 1. The highest BCUT2D eigenvalue weighted by Gasteiger charge is 2.32. The van der Waals surface area contributed by atoms with Crippen molar-refractivity contribution in [2.24, 2.45) is 0 Å². The first kappa shape index (κ1) is 22.6. The molecule has 4 rings (SSSR count). The largest absolute Gasteiger partial charge is 0.489 e. The highest BCUT2D eigenvalue weighted by atomic mass is 19.4. The van der Waals surface area contributed by atoms with Crippen molar-refractivity contribution in [2.75, 3.05) is 20.2 Å². The summed E-state index contributed by atoms with van der Waals surface area (Å²) in [5.74, 6) is -0.740. The fourth-order valence-electron chi connectivity index (χ4n) is 4.19. The van der Waals surface area contributed by atoms with E-state index in [1.165, 1.54) is 31.4 Å². The Morgan fingerprint density at radius 2 is 1.94 bits per heavy atom. The second-order valence-corrected chi connectivity index (χ2v) is 8.45. The summed E-state index contributed by atoms with van der Waals surface area (Å²) in [5, 5.41) is 0. The molecule has 2 aromatic carbocycles. The smallest absolute Gasteiger partial charge is 0.416 e. The summed E-state index contributed by atoms with van der Waals surface area (Å²) in [6.45, 7) is 1.66. The number of esters is 1. The summed E-state index contributed by atoms with van der Waals surface area (Å²) < 4.78 is 64.4. The molecule has 1 aliphatic heterocycles. The molecule has 0 aromatic heterocycles. The van der Waals surface area contributed by atoms with E-state index in [9.17, 15) is 22.4 Å². The van der Waals surface area contributed by atoms with Gasteiger partial charge in [-0.25, -0.2) is 9.18 Å². The second-order valence-electron chi connectivity index (χ2n) is 8.45. The quantitative estimate of drug-likeness (QED) is 0.426. The number of ether oxygens (including phenoxy) is 2. The van der Waals surface area contributed by atoms with Crippen LogP contribution in [0.2, 0.25) is 0 Å². The van der Waals surface area contributed by atoms with Gasteiger partial charge in [-0.2, -0.15) is 13.2 Å². The predicted molar refractivity (Wildman–Crippen MR) is 110 cm³/mol. The molecule has 0 spiro atoms. The van der Waals surface area contributed by atoms with Gasteiger partial charge in [0.05, 0.1) is 18.2 Å². The number of likely N-dealkylation sites (tertiary alicyclic amines) is 1. The molecule has 2 aromatic rings. The molecule has 1 saturated carbocycles. The number of alkyl halides is 3. The molecular formula is C24H25F4NO3. The van der Waals surface area contributed by atoms with Gasteiger partial charge >= 0.3 is 12.1 Å². The SMILES string of the molecule is COC(=O)c1cc(C2CC2)c(O[C@@H]2CCCN(Cc3cccc(C(F)(F)F)c3)C2)cc1F. The lowest BCUT2D eigenvalue weighted by Gasteiger charge is -2.33. The number of nitrogens with zero attached hydrogens (tertiary/aromatic N) is 1. The number of rotatable bonds is 6. The number of hydrogen-bond acceptors (Lipinski definition) is 4. The summed E-state index contributed by atoms with van der Waals surface area (Å²) in [6.07, 6.45) is -1.09. The monoisotopic (exact) mass is 451 g/mol. The van der Waals surface area contributed by atoms with Gasteiger partial charge in [0.25, 0.3) is 0 Å². The van der Waals surface area contributed by atoms with Crippen LogP contribution in [0, 0.1) is 5.82 Å². The van der Waals surface area contributed by atoms with Crippen molar-refractivity contribution in [3.63, 3.8) is 0 Å². The van der Waals surface area contributed by atoms with Gasteiger partial charge in [0, 0.05) is 19.2 Å². The number of halogens is 4. The molecule has 4 nitrogen and oxygen atoms in total. The van der Waals surface area contributed by atoms with Crippen LogP contribution in [-0.4, -0.2) is 37.2 Å². The molecule has 1 atom stereocenters. The van der Waals surface area contributed by atoms with Gasteiger partial charge in [-0.3, -0.25) is 4.90 Å².